The van der Waals surface area contributed by atoms with E-state index in [4.69, 9.17) is 4.74 Å². The number of morpholine rings is 1. The van der Waals surface area contributed by atoms with Crippen LogP contribution in [-0.2, 0) is 17.6 Å². The van der Waals surface area contributed by atoms with Gasteiger partial charge in [-0.25, -0.2) is 4.79 Å². The molecule has 1 aromatic rings. The number of aromatic nitrogens is 2. The van der Waals surface area contributed by atoms with E-state index in [2.05, 4.69) is 15.3 Å². The second-order valence-corrected chi connectivity index (χ2v) is 4.67. The maximum absolute atomic E-state index is 11.6. The molecule has 92 valence electrons. The normalized spacial score (nSPS) is 24.4. The van der Waals surface area contributed by atoms with E-state index in [0.29, 0.717) is 6.61 Å². The van der Waals surface area contributed by atoms with Gasteiger partial charge in [-0.15, -0.1) is 0 Å². The molecule has 0 radical (unpaired) electrons. The molecule has 0 amide bonds. The lowest BCUT2D eigenvalue weighted by Gasteiger charge is -2.27. The Morgan fingerprint density at radius 1 is 1.29 bits per heavy atom. The minimum Gasteiger partial charge on any atom is -0.378 e. The lowest BCUT2D eigenvalue weighted by molar-refractivity contribution is 0.0751. The number of H-pyrrole nitrogens is 1. The third kappa shape index (κ3) is 2.12. The van der Waals surface area contributed by atoms with Crippen molar-refractivity contribution in [2.45, 2.75) is 31.7 Å². The Bertz CT molecular complexity index is 463. The fourth-order valence-electron chi connectivity index (χ4n) is 2.69. The van der Waals surface area contributed by atoms with Crippen LogP contribution in [0, 0.1) is 0 Å². The van der Waals surface area contributed by atoms with Gasteiger partial charge in [0.15, 0.2) is 0 Å². The highest BCUT2D eigenvalue weighted by atomic mass is 16.5. The van der Waals surface area contributed by atoms with E-state index in [1.807, 2.05) is 0 Å². The molecule has 0 saturated carbocycles. The van der Waals surface area contributed by atoms with Crippen LogP contribution in [0.25, 0.3) is 0 Å². The molecule has 1 aromatic heterocycles. The molecule has 1 unspecified atom stereocenters. The summed E-state index contributed by atoms with van der Waals surface area (Å²) in [6, 6.07) is 0.0814. The van der Waals surface area contributed by atoms with Crippen molar-refractivity contribution in [1.82, 2.24) is 15.3 Å². The van der Waals surface area contributed by atoms with Crippen molar-refractivity contribution in [3.63, 3.8) is 0 Å². The Morgan fingerprint density at radius 3 is 3.00 bits per heavy atom. The van der Waals surface area contributed by atoms with Crippen LogP contribution in [0.3, 0.4) is 0 Å². The summed E-state index contributed by atoms with van der Waals surface area (Å²) in [5.41, 5.74) is 2.99. The Hall–Kier alpha value is -1.20. The van der Waals surface area contributed by atoms with Crippen molar-refractivity contribution in [3.8, 4) is 0 Å². The van der Waals surface area contributed by atoms with Crippen molar-refractivity contribution in [2.24, 2.45) is 0 Å². The summed E-state index contributed by atoms with van der Waals surface area (Å²) in [5.74, 6) is 0. The van der Waals surface area contributed by atoms with E-state index in [1.54, 1.807) is 0 Å². The second-order valence-electron chi connectivity index (χ2n) is 4.67. The molecule has 1 fully saturated rings. The molecular weight excluding hydrogens is 218 g/mol. The topological polar surface area (TPSA) is 67.0 Å². The summed E-state index contributed by atoms with van der Waals surface area (Å²) in [7, 11) is 0. The van der Waals surface area contributed by atoms with Gasteiger partial charge in [0.05, 0.1) is 24.9 Å². The molecule has 3 rings (SSSR count). The van der Waals surface area contributed by atoms with Gasteiger partial charge in [-0.2, -0.15) is 4.98 Å². The molecule has 0 spiro atoms. The average Bonchev–Trinajstić information content (AvgIpc) is 2.39. The average molecular weight is 235 g/mol. The van der Waals surface area contributed by atoms with Crippen LogP contribution in [0.2, 0.25) is 0 Å². The van der Waals surface area contributed by atoms with E-state index in [-0.39, 0.29) is 11.7 Å². The van der Waals surface area contributed by atoms with Crippen molar-refractivity contribution in [1.29, 1.82) is 0 Å². The first kappa shape index (κ1) is 10.9. The molecule has 1 aliphatic carbocycles. The lowest BCUT2D eigenvalue weighted by Crippen LogP contribution is -2.37. The van der Waals surface area contributed by atoms with Gasteiger partial charge in [0.25, 0.3) is 0 Å². The number of ether oxygens (including phenoxy) is 1. The number of aryl methyl sites for hydroxylation is 1. The number of nitrogens with one attached hydrogen (secondary N) is 2. The Balaban J connectivity index is 2.01. The first-order chi connectivity index (χ1) is 8.34. The largest absolute Gasteiger partial charge is 0.378 e. The first-order valence-electron chi connectivity index (χ1n) is 6.27. The van der Waals surface area contributed by atoms with Gasteiger partial charge in [0.2, 0.25) is 0 Å². The summed E-state index contributed by atoms with van der Waals surface area (Å²) in [6.45, 7) is 2.18. The molecule has 2 N–H and O–H groups in total. The van der Waals surface area contributed by atoms with Gasteiger partial charge in [0, 0.05) is 12.2 Å². The van der Waals surface area contributed by atoms with Crippen LogP contribution < -0.4 is 11.0 Å². The number of hydrogen-bond donors (Lipinski definition) is 2. The van der Waals surface area contributed by atoms with Gasteiger partial charge in [-0.05, 0) is 31.2 Å². The minimum absolute atomic E-state index is 0.0814. The summed E-state index contributed by atoms with van der Waals surface area (Å²) in [6.07, 6.45) is 4.32. The number of nitrogens with zero attached hydrogens (tertiary/aromatic N) is 1. The zero-order valence-corrected chi connectivity index (χ0v) is 9.79. The number of fused-ring (bicyclic) bond motifs is 1. The highest BCUT2D eigenvalue weighted by Gasteiger charge is 2.24. The first-order valence-corrected chi connectivity index (χ1v) is 6.27. The molecular formula is C12H17N3O2. The van der Waals surface area contributed by atoms with Crippen LogP contribution in [0.5, 0.6) is 0 Å². The van der Waals surface area contributed by atoms with Crippen molar-refractivity contribution >= 4 is 0 Å². The number of aromatic amines is 1. The van der Waals surface area contributed by atoms with Crippen molar-refractivity contribution in [3.05, 3.63) is 27.4 Å². The lowest BCUT2D eigenvalue weighted by atomic mass is 9.92. The minimum atomic E-state index is -0.229. The SMILES string of the molecule is O=c1nc(C2COCCN2)c2c([nH]1)CCCC2. The Labute approximate surface area is 99.6 Å². The third-order valence-electron chi connectivity index (χ3n) is 3.51. The maximum Gasteiger partial charge on any atom is 0.345 e. The van der Waals surface area contributed by atoms with Gasteiger partial charge in [0.1, 0.15) is 0 Å². The van der Waals surface area contributed by atoms with Gasteiger partial charge >= 0.3 is 5.69 Å². The zero-order valence-electron chi connectivity index (χ0n) is 9.79. The molecule has 17 heavy (non-hydrogen) atoms. The monoisotopic (exact) mass is 235 g/mol. The molecule has 2 heterocycles. The zero-order chi connectivity index (χ0) is 11.7. The van der Waals surface area contributed by atoms with E-state index in [0.717, 1.165) is 43.8 Å². The number of rotatable bonds is 1. The molecule has 5 nitrogen and oxygen atoms in total. The molecule has 1 atom stereocenters. The van der Waals surface area contributed by atoms with E-state index < -0.39 is 0 Å². The maximum atomic E-state index is 11.6. The molecule has 5 heteroatoms. The fraction of sp³-hybridized carbons (Fsp3) is 0.667. The van der Waals surface area contributed by atoms with Gasteiger partial charge in [-0.3, -0.25) is 0 Å². The molecule has 2 aliphatic rings. The predicted octanol–water partition coefficient (Wildman–Crippen LogP) is 0.310. The van der Waals surface area contributed by atoms with Crippen LogP contribution in [0.1, 0.15) is 35.8 Å². The van der Waals surface area contributed by atoms with E-state index in [1.165, 1.54) is 12.0 Å². The highest BCUT2D eigenvalue weighted by molar-refractivity contribution is 5.29. The standard InChI is InChI=1S/C12H17N3O2/c16-12-14-9-4-2-1-3-8(9)11(15-12)10-7-17-6-5-13-10/h10,13H,1-7H2,(H,14,15,16). The van der Waals surface area contributed by atoms with Crippen LogP contribution in [0.15, 0.2) is 4.79 Å². The van der Waals surface area contributed by atoms with Crippen LogP contribution in [-0.4, -0.2) is 29.7 Å². The summed E-state index contributed by atoms with van der Waals surface area (Å²) in [5, 5.41) is 3.37. The van der Waals surface area contributed by atoms with Gasteiger partial charge in [-0.1, -0.05) is 0 Å². The van der Waals surface area contributed by atoms with Crippen molar-refractivity contribution in [2.75, 3.05) is 19.8 Å². The summed E-state index contributed by atoms with van der Waals surface area (Å²) in [4.78, 5) is 18.6. The quantitative estimate of drug-likeness (QED) is 0.735. The second kappa shape index (κ2) is 4.58. The van der Waals surface area contributed by atoms with Crippen LogP contribution in [0.4, 0.5) is 0 Å². The fourth-order valence-corrected chi connectivity index (χ4v) is 2.69. The third-order valence-corrected chi connectivity index (χ3v) is 3.51. The summed E-state index contributed by atoms with van der Waals surface area (Å²) >= 11 is 0. The summed E-state index contributed by atoms with van der Waals surface area (Å²) < 4.78 is 5.45. The van der Waals surface area contributed by atoms with E-state index in [9.17, 15) is 4.79 Å². The van der Waals surface area contributed by atoms with Crippen LogP contribution >= 0.6 is 0 Å². The molecule has 0 bridgehead atoms. The number of hydrogen-bond acceptors (Lipinski definition) is 4. The molecule has 0 aromatic carbocycles. The predicted molar refractivity (Wildman–Crippen MR) is 63.1 cm³/mol. The van der Waals surface area contributed by atoms with Gasteiger partial charge < -0.3 is 15.0 Å². The van der Waals surface area contributed by atoms with Crippen molar-refractivity contribution < 1.29 is 4.74 Å². The highest BCUT2D eigenvalue weighted by Crippen LogP contribution is 2.25. The van der Waals surface area contributed by atoms with E-state index >= 15 is 0 Å². The smallest absolute Gasteiger partial charge is 0.345 e. The Morgan fingerprint density at radius 2 is 2.18 bits per heavy atom. The molecule has 1 saturated heterocycles. The Kier molecular flexibility index (Phi) is 2.94. The molecule has 1 aliphatic heterocycles.